The summed E-state index contributed by atoms with van der Waals surface area (Å²) in [7, 11) is 2.11. The van der Waals surface area contributed by atoms with Crippen LogP contribution in [0.2, 0.25) is 0 Å². The lowest BCUT2D eigenvalue weighted by atomic mass is 10.1. The first-order valence-electron chi connectivity index (χ1n) is 9.18. The molecule has 2 saturated carbocycles. The van der Waals surface area contributed by atoms with Crippen LogP contribution in [0.15, 0.2) is 18.3 Å². The third kappa shape index (κ3) is 2.58. The van der Waals surface area contributed by atoms with E-state index in [0.717, 1.165) is 32.1 Å². The van der Waals surface area contributed by atoms with Crippen molar-refractivity contribution in [3.63, 3.8) is 0 Å². The van der Waals surface area contributed by atoms with Crippen molar-refractivity contribution in [3.05, 3.63) is 35.7 Å². The monoisotopic (exact) mass is 327 g/mol. The van der Waals surface area contributed by atoms with Crippen molar-refractivity contribution in [1.29, 1.82) is 0 Å². The minimum atomic E-state index is 0.299. The molecule has 1 aliphatic heterocycles. The summed E-state index contributed by atoms with van der Waals surface area (Å²) in [5, 5.41) is 9.15. The van der Waals surface area contributed by atoms with Crippen LogP contribution in [-0.4, -0.2) is 44.0 Å². The van der Waals surface area contributed by atoms with E-state index in [9.17, 15) is 0 Å². The molecule has 0 spiro atoms. The summed E-state index contributed by atoms with van der Waals surface area (Å²) in [6, 6.07) is 5.26. The summed E-state index contributed by atoms with van der Waals surface area (Å²) >= 11 is 0. The third-order valence-corrected chi connectivity index (χ3v) is 5.56. The van der Waals surface area contributed by atoms with Gasteiger partial charge in [0, 0.05) is 37.4 Å². The van der Waals surface area contributed by atoms with Gasteiger partial charge in [-0.2, -0.15) is 0 Å². The number of aromatic nitrogens is 4. The lowest BCUT2D eigenvalue weighted by Crippen LogP contribution is -2.40. The van der Waals surface area contributed by atoms with Gasteiger partial charge in [0.25, 0.3) is 0 Å². The average molecular weight is 327 g/mol. The molecule has 1 saturated heterocycles. The summed E-state index contributed by atoms with van der Waals surface area (Å²) < 4.78 is 10.4. The van der Waals surface area contributed by atoms with Crippen LogP contribution in [0.1, 0.15) is 61.0 Å². The van der Waals surface area contributed by atoms with Crippen LogP contribution in [-0.2, 0) is 18.3 Å². The van der Waals surface area contributed by atoms with Gasteiger partial charge in [-0.05, 0) is 37.8 Å². The molecule has 3 aliphatic rings. The van der Waals surface area contributed by atoms with Gasteiger partial charge in [0.15, 0.2) is 0 Å². The summed E-state index contributed by atoms with van der Waals surface area (Å²) in [5.74, 6) is 3.07. The predicted molar refractivity (Wildman–Crippen MR) is 89.7 cm³/mol. The van der Waals surface area contributed by atoms with Crippen LogP contribution in [0.4, 0.5) is 0 Å². The van der Waals surface area contributed by atoms with Crippen molar-refractivity contribution < 1.29 is 4.74 Å². The molecule has 0 unspecified atom stereocenters. The van der Waals surface area contributed by atoms with Crippen LogP contribution in [0.3, 0.4) is 0 Å². The fourth-order valence-corrected chi connectivity index (χ4v) is 3.90. The Labute approximate surface area is 142 Å². The van der Waals surface area contributed by atoms with Crippen molar-refractivity contribution in [2.24, 2.45) is 7.05 Å². The summed E-state index contributed by atoms with van der Waals surface area (Å²) in [5.41, 5.74) is 1.31. The van der Waals surface area contributed by atoms with Gasteiger partial charge in [-0.25, -0.2) is 0 Å². The van der Waals surface area contributed by atoms with Gasteiger partial charge < -0.3 is 13.9 Å². The normalized spacial score (nSPS) is 25.3. The Kier molecular flexibility index (Phi) is 3.49. The van der Waals surface area contributed by atoms with Gasteiger partial charge in [-0.3, -0.25) is 4.90 Å². The van der Waals surface area contributed by atoms with Gasteiger partial charge >= 0.3 is 0 Å². The Bertz CT molecular complexity index is 728. The van der Waals surface area contributed by atoms with E-state index in [2.05, 4.69) is 49.6 Å². The van der Waals surface area contributed by atoms with Crippen molar-refractivity contribution in [2.45, 2.75) is 50.2 Å². The molecule has 128 valence electrons. The van der Waals surface area contributed by atoms with E-state index in [1.54, 1.807) is 0 Å². The Morgan fingerprint density at radius 3 is 2.79 bits per heavy atom. The highest BCUT2D eigenvalue weighted by Crippen LogP contribution is 2.45. The van der Waals surface area contributed by atoms with Crippen molar-refractivity contribution in [3.8, 4) is 0 Å². The zero-order chi connectivity index (χ0) is 16.1. The predicted octanol–water partition coefficient (Wildman–Crippen LogP) is 2.40. The Morgan fingerprint density at radius 1 is 1.21 bits per heavy atom. The van der Waals surface area contributed by atoms with Crippen molar-refractivity contribution in [1.82, 2.24) is 24.2 Å². The molecule has 6 heteroatoms. The van der Waals surface area contributed by atoms with E-state index in [1.807, 2.05) is 0 Å². The zero-order valence-corrected chi connectivity index (χ0v) is 14.3. The lowest BCUT2D eigenvalue weighted by molar-refractivity contribution is -0.0168. The zero-order valence-electron chi connectivity index (χ0n) is 14.3. The third-order valence-electron chi connectivity index (χ3n) is 5.56. The highest BCUT2D eigenvalue weighted by molar-refractivity contribution is 5.15. The van der Waals surface area contributed by atoms with E-state index >= 15 is 0 Å². The van der Waals surface area contributed by atoms with Gasteiger partial charge in [-0.1, -0.05) is 0 Å². The molecular weight excluding hydrogens is 302 g/mol. The molecule has 2 aromatic heterocycles. The molecule has 5 rings (SSSR count). The molecule has 0 bridgehead atoms. The van der Waals surface area contributed by atoms with E-state index < -0.39 is 0 Å². The highest BCUT2D eigenvalue weighted by Gasteiger charge is 2.37. The first-order chi connectivity index (χ1) is 11.8. The second-order valence-electron chi connectivity index (χ2n) is 7.46. The van der Waals surface area contributed by atoms with E-state index in [1.165, 1.54) is 37.2 Å². The van der Waals surface area contributed by atoms with E-state index in [0.29, 0.717) is 18.0 Å². The fraction of sp³-hybridized carbons (Fsp3) is 0.667. The molecule has 0 aromatic carbocycles. The molecule has 2 aliphatic carbocycles. The summed E-state index contributed by atoms with van der Waals surface area (Å²) in [4.78, 5) is 2.51. The Balaban J connectivity index is 1.42. The minimum Gasteiger partial charge on any atom is -0.378 e. The van der Waals surface area contributed by atoms with Crippen LogP contribution >= 0.6 is 0 Å². The van der Waals surface area contributed by atoms with Gasteiger partial charge in [-0.15, -0.1) is 10.2 Å². The molecular formula is C18H25N5O. The summed E-state index contributed by atoms with van der Waals surface area (Å²) in [6.45, 7) is 3.38. The Morgan fingerprint density at radius 2 is 2.08 bits per heavy atom. The number of nitrogens with zero attached hydrogens (tertiary/aromatic N) is 5. The maximum Gasteiger partial charge on any atom is 0.147 e. The molecule has 6 nitrogen and oxygen atoms in total. The van der Waals surface area contributed by atoms with Gasteiger partial charge in [0.2, 0.25) is 0 Å². The molecule has 0 amide bonds. The van der Waals surface area contributed by atoms with Crippen LogP contribution in [0.5, 0.6) is 0 Å². The fourth-order valence-electron chi connectivity index (χ4n) is 3.90. The largest absolute Gasteiger partial charge is 0.378 e. The topological polar surface area (TPSA) is 48.1 Å². The number of ether oxygens (including phenoxy) is 1. The molecule has 3 heterocycles. The second kappa shape index (κ2) is 5.70. The van der Waals surface area contributed by atoms with Crippen LogP contribution < -0.4 is 0 Å². The molecule has 24 heavy (non-hydrogen) atoms. The highest BCUT2D eigenvalue weighted by atomic mass is 16.5. The SMILES string of the molecule is Cn1cccc1[C@@H]1COCCN1Cc1nnc(C2CC2)n1C1CC1. The number of hydrogen-bond acceptors (Lipinski definition) is 4. The Hall–Kier alpha value is -1.66. The molecule has 2 aromatic rings. The first kappa shape index (κ1) is 14.7. The van der Waals surface area contributed by atoms with Crippen LogP contribution in [0.25, 0.3) is 0 Å². The number of hydrogen-bond donors (Lipinski definition) is 0. The van der Waals surface area contributed by atoms with E-state index in [-0.39, 0.29) is 0 Å². The van der Waals surface area contributed by atoms with Crippen molar-refractivity contribution in [2.75, 3.05) is 19.8 Å². The van der Waals surface area contributed by atoms with Crippen molar-refractivity contribution >= 4 is 0 Å². The number of morpholine rings is 1. The maximum atomic E-state index is 5.77. The molecule has 3 fully saturated rings. The van der Waals surface area contributed by atoms with Gasteiger partial charge in [0.05, 0.1) is 25.8 Å². The molecule has 0 N–H and O–H groups in total. The lowest BCUT2D eigenvalue weighted by Gasteiger charge is -2.35. The standard InChI is InChI=1S/C18H25N5O/c1-21-8-2-3-15(21)16-12-24-10-9-22(16)11-17-19-20-18(13-4-5-13)23(17)14-6-7-14/h2-3,8,13-14,16H,4-7,9-12H2,1H3/t16-/m0/s1. The smallest absolute Gasteiger partial charge is 0.147 e. The summed E-state index contributed by atoms with van der Waals surface area (Å²) in [6.07, 6.45) is 7.26. The molecule has 0 radical (unpaired) electrons. The van der Waals surface area contributed by atoms with Gasteiger partial charge in [0.1, 0.15) is 11.6 Å². The average Bonchev–Trinajstić information content (AvgIpc) is 3.52. The second-order valence-corrected chi connectivity index (χ2v) is 7.46. The van der Waals surface area contributed by atoms with E-state index in [4.69, 9.17) is 4.74 Å². The quantitative estimate of drug-likeness (QED) is 0.846. The van der Waals surface area contributed by atoms with Crippen LogP contribution in [0, 0.1) is 0 Å². The molecule has 1 atom stereocenters. The number of aryl methyl sites for hydroxylation is 1. The minimum absolute atomic E-state index is 0.299. The maximum absolute atomic E-state index is 5.77. The first-order valence-corrected chi connectivity index (χ1v) is 9.18. The number of rotatable bonds is 5.